The van der Waals surface area contributed by atoms with E-state index in [0.29, 0.717) is 6.10 Å². The molecule has 0 aliphatic carbocycles. The molecule has 1 unspecified atom stereocenters. The molecule has 1 heterocycles. The molecule has 3 rings (SSSR count). The molecule has 2 aromatic carbocycles. The summed E-state index contributed by atoms with van der Waals surface area (Å²) in [6.45, 7) is 4.31. The summed E-state index contributed by atoms with van der Waals surface area (Å²) in [5, 5.41) is 0. The first-order chi connectivity index (χ1) is 15.4. The number of unbranched alkanes of at least 4 members (excludes halogenated alkanes) is 10. The third kappa shape index (κ3) is 11.5. The Morgan fingerprint density at radius 2 is 1.00 bits per heavy atom. The standard InChI is InChI=1S/C29H43NO/c1(2-4-6-8-16-22-29-26-31-29)3-5-7-9-17-23-30(24-27-18-12-10-13-19-27)25-28-20-14-11-15-21-28/h10-15,18-21,29H,1-9,16-17,22-26H2. The quantitative estimate of drug-likeness (QED) is 0.180. The molecule has 0 amide bonds. The third-order valence-electron chi connectivity index (χ3n) is 6.40. The van der Waals surface area contributed by atoms with Crippen molar-refractivity contribution < 1.29 is 4.74 Å². The first-order valence-electron chi connectivity index (χ1n) is 12.8. The summed E-state index contributed by atoms with van der Waals surface area (Å²) < 4.78 is 5.27. The zero-order valence-corrected chi connectivity index (χ0v) is 19.5. The first-order valence-corrected chi connectivity index (χ1v) is 12.8. The second-order valence-electron chi connectivity index (χ2n) is 9.31. The van der Waals surface area contributed by atoms with Crippen LogP contribution in [0.15, 0.2) is 60.7 Å². The van der Waals surface area contributed by atoms with Crippen LogP contribution in [0.2, 0.25) is 0 Å². The lowest BCUT2D eigenvalue weighted by Gasteiger charge is -2.22. The highest BCUT2D eigenvalue weighted by molar-refractivity contribution is 5.17. The number of nitrogens with zero attached hydrogens (tertiary/aromatic N) is 1. The van der Waals surface area contributed by atoms with Crippen molar-refractivity contribution in [2.75, 3.05) is 13.2 Å². The Hall–Kier alpha value is -1.64. The van der Waals surface area contributed by atoms with Gasteiger partial charge in [0.05, 0.1) is 12.7 Å². The van der Waals surface area contributed by atoms with E-state index in [9.17, 15) is 0 Å². The average Bonchev–Trinajstić information content (AvgIpc) is 3.63. The lowest BCUT2D eigenvalue weighted by atomic mass is 10.0. The summed E-state index contributed by atoms with van der Waals surface area (Å²) in [5.74, 6) is 0. The Kier molecular flexibility index (Phi) is 11.8. The minimum atomic E-state index is 0.628. The van der Waals surface area contributed by atoms with Crippen molar-refractivity contribution in [2.24, 2.45) is 0 Å². The minimum absolute atomic E-state index is 0.628. The van der Waals surface area contributed by atoms with Crippen molar-refractivity contribution >= 4 is 0 Å². The number of benzene rings is 2. The minimum Gasteiger partial charge on any atom is -0.373 e. The van der Waals surface area contributed by atoms with E-state index in [-0.39, 0.29) is 0 Å². The zero-order valence-electron chi connectivity index (χ0n) is 19.5. The van der Waals surface area contributed by atoms with Crippen LogP contribution in [0.1, 0.15) is 88.2 Å². The van der Waals surface area contributed by atoms with Gasteiger partial charge in [-0.3, -0.25) is 4.90 Å². The molecule has 1 saturated heterocycles. The molecule has 1 fully saturated rings. The van der Waals surface area contributed by atoms with Crippen LogP contribution in [0.25, 0.3) is 0 Å². The Balaban J connectivity index is 1.21. The van der Waals surface area contributed by atoms with Crippen molar-refractivity contribution in [3.8, 4) is 0 Å². The van der Waals surface area contributed by atoms with E-state index in [4.69, 9.17) is 4.74 Å². The van der Waals surface area contributed by atoms with E-state index in [1.165, 1.54) is 94.7 Å². The molecule has 0 bridgehead atoms. The first kappa shape index (κ1) is 24.0. The fraction of sp³-hybridized carbons (Fsp3) is 0.586. The molecule has 0 radical (unpaired) electrons. The fourth-order valence-corrected chi connectivity index (χ4v) is 4.43. The van der Waals surface area contributed by atoms with E-state index in [0.717, 1.165) is 19.7 Å². The highest BCUT2D eigenvalue weighted by Gasteiger charge is 2.20. The predicted molar refractivity (Wildman–Crippen MR) is 132 cm³/mol. The number of hydrogen-bond donors (Lipinski definition) is 0. The van der Waals surface area contributed by atoms with Crippen LogP contribution in [0.4, 0.5) is 0 Å². The van der Waals surface area contributed by atoms with Crippen LogP contribution < -0.4 is 0 Å². The molecule has 2 aromatic rings. The van der Waals surface area contributed by atoms with E-state index >= 15 is 0 Å². The van der Waals surface area contributed by atoms with Crippen molar-refractivity contribution in [1.82, 2.24) is 4.90 Å². The molecule has 0 spiro atoms. The summed E-state index contributed by atoms with van der Waals surface area (Å²) in [7, 11) is 0. The highest BCUT2D eigenvalue weighted by atomic mass is 16.6. The van der Waals surface area contributed by atoms with Crippen LogP contribution in [-0.4, -0.2) is 24.2 Å². The van der Waals surface area contributed by atoms with Gasteiger partial charge >= 0.3 is 0 Å². The second-order valence-corrected chi connectivity index (χ2v) is 9.31. The molecule has 0 N–H and O–H groups in total. The summed E-state index contributed by atoms with van der Waals surface area (Å²) in [4.78, 5) is 2.61. The predicted octanol–water partition coefficient (Wildman–Crippen LogP) is 7.77. The van der Waals surface area contributed by atoms with Gasteiger partial charge in [0.15, 0.2) is 0 Å². The van der Waals surface area contributed by atoms with Gasteiger partial charge in [-0.05, 0) is 30.5 Å². The molecule has 170 valence electrons. The van der Waals surface area contributed by atoms with Gasteiger partial charge in [-0.15, -0.1) is 0 Å². The van der Waals surface area contributed by atoms with E-state index in [1.54, 1.807) is 0 Å². The van der Waals surface area contributed by atoms with Gasteiger partial charge in [0.25, 0.3) is 0 Å². The molecule has 31 heavy (non-hydrogen) atoms. The van der Waals surface area contributed by atoms with Crippen molar-refractivity contribution in [3.63, 3.8) is 0 Å². The summed E-state index contributed by atoms with van der Waals surface area (Å²) in [5.41, 5.74) is 2.83. The number of ether oxygens (including phenoxy) is 1. The summed E-state index contributed by atoms with van der Waals surface area (Å²) in [6, 6.07) is 21.8. The van der Waals surface area contributed by atoms with Gasteiger partial charge < -0.3 is 4.74 Å². The molecule has 2 heteroatoms. The van der Waals surface area contributed by atoms with Crippen molar-refractivity contribution in [2.45, 2.75) is 96.2 Å². The summed E-state index contributed by atoms with van der Waals surface area (Å²) in [6.07, 6.45) is 17.3. The molecule has 1 aliphatic heterocycles. The molecule has 1 atom stereocenters. The maximum Gasteiger partial charge on any atom is 0.0810 e. The van der Waals surface area contributed by atoms with Crippen LogP contribution >= 0.6 is 0 Å². The fourth-order valence-electron chi connectivity index (χ4n) is 4.43. The molecule has 0 aromatic heterocycles. The van der Waals surface area contributed by atoms with Gasteiger partial charge in [0.1, 0.15) is 0 Å². The Bertz CT molecular complexity index is 626. The number of epoxide rings is 1. The van der Waals surface area contributed by atoms with Gasteiger partial charge in [-0.25, -0.2) is 0 Å². The molecule has 0 saturated carbocycles. The number of hydrogen-bond acceptors (Lipinski definition) is 2. The average molecular weight is 422 g/mol. The van der Waals surface area contributed by atoms with Crippen LogP contribution in [0.5, 0.6) is 0 Å². The third-order valence-corrected chi connectivity index (χ3v) is 6.40. The highest BCUT2D eigenvalue weighted by Crippen LogP contribution is 2.18. The Morgan fingerprint density at radius 3 is 1.45 bits per heavy atom. The smallest absolute Gasteiger partial charge is 0.0810 e. The van der Waals surface area contributed by atoms with Gasteiger partial charge in [-0.1, -0.05) is 125 Å². The molecule has 2 nitrogen and oxygen atoms in total. The largest absolute Gasteiger partial charge is 0.373 e. The monoisotopic (exact) mass is 421 g/mol. The topological polar surface area (TPSA) is 15.8 Å². The molecular formula is C29H43NO. The molecule has 1 aliphatic rings. The Labute approximate surface area is 191 Å². The van der Waals surface area contributed by atoms with Gasteiger partial charge in [-0.2, -0.15) is 0 Å². The zero-order chi connectivity index (χ0) is 21.4. The van der Waals surface area contributed by atoms with Crippen LogP contribution in [-0.2, 0) is 17.8 Å². The van der Waals surface area contributed by atoms with Crippen LogP contribution in [0, 0.1) is 0 Å². The SMILES string of the molecule is c1ccc(CN(CCCCCCCCCCCCCC2CO2)Cc2ccccc2)cc1. The maximum absolute atomic E-state index is 5.27. The van der Waals surface area contributed by atoms with Crippen LogP contribution in [0.3, 0.4) is 0 Å². The van der Waals surface area contributed by atoms with Gasteiger partial charge in [0.2, 0.25) is 0 Å². The Morgan fingerprint density at radius 1 is 0.581 bits per heavy atom. The lowest BCUT2D eigenvalue weighted by molar-refractivity contribution is 0.250. The van der Waals surface area contributed by atoms with Gasteiger partial charge in [0, 0.05) is 13.1 Å². The lowest BCUT2D eigenvalue weighted by Crippen LogP contribution is -2.24. The van der Waals surface area contributed by atoms with E-state index in [1.807, 2.05) is 0 Å². The summed E-state index contributed by atoms with van der Waals surface area (Å²) >= 11 is 0. The normalized spacial score (nSPS) is 15.5. The number of rotatable bonds is 18. The maximum atomic E-state index is 5.27. The van der Waals surface area contributed by atoms with E-state index in [2.05, 4.69) is 65.6 Å². The second kappa shape index (κ2) is 15.2. The molecular weight excluding hydrogens is 378 g/mol. The van der Waals surface area contributed by atoms with Crippen molar-refractivity contribution in [1.29, 1.82) is 0 Å². The van der Waals surface area contributed by atoms with E-state index < -0.39 is 0 Å². The van der Waals surface area contributed by atoms with Crippen molar-refractivity contribution in [3.05, 3.63) is 71.8 Å².